The number of nitrogens with zero attached hydrogens (tertiary/aromatic N) is 1. The minimum Gasteiger partial charge on any atom is -0.371 e. The van der Waals surface area contributed by atoms with Gasteiger partial charge in [0.25, 0.3) is 0 Å². The fourth-order valence-corrected chi connectivity index (χ4v) is 2.88. The van der Waals surface area contributed by atoms with E-state index in [9.17, 15) is 4.39 Å². The summed E-state index contributed by atoms with van der Waals surface area (Å²) < 4.78 is 13.3. The number of halogens is 1. The van der Waals surface area contributed by atoms with Gasteiger partial charge in [0.05, 0.1) is 0 Å². The van der Waals surface area contributed by atoms with Gasteiger partial charge >= 0.3 is 0 Å². The lowest BCUT2D eigenvalue weighted by Crippen LogP contribution is -2.34. The maximum atomic E-state index is 13.3. The zero-order chi connectivity index (χ0) is 13.1. The number of anilines is 1. The second-order valence-electron chi connectivity index (χ2n) is 5.39. The Balaban J connectivity index is 2.25. The van der Waals surface area contributed by atoms with Crippen molar-refractivity contribution in [1.82, 2.24) is 0 Å². The monoisotopic (exact) mass is 250 g/mol. The van der Waals surface area contributed by atoms with E-state index in [1.54, 1.807) is 6.07 Å². The molecule has 1 aliphatic rings. The second kappa shape index (κ2) is 5.70. The summed E-state index contributed by atoms with van der Waals surface area (Å²) in [6.45, 7) is 1.91. The molecule has 18 heavy (non-hydrogen) atoms. The molecule has 0 bridgehead atoms. The van der Waals surface area contributed by atoms with Gasteiger partial charge in [-0.3, -0.25) is 0 Å². The van der Waals surface area contributed by atoms with Gasteiger partial charge in [-0.2, -0.15) is 0 Å². The Morgan fingerprint density at radius 1 is 1.28 bits per heavy atom. The van der Waals surface area contributed by atoms with Crippen molar-refractivity contribution in [3.05, 3.63) is 29.6 Å². The van der Waals surface area contributed by atoms with Crippen LogP contribution in [0.1, 0.15) is 50.6 Å². The average Bonchev–Trinajstić information content (AvgIpc) is 2.39. The number of nitrogens with two attached hydrogens (primary N) is 1. The topological polar surface area (TPSA) is 29.3 Å². The van der Waals surface area contributed by atoms with Crippen molar-refractivity contribution < 1.29 is 4.39 Å². The molecule has 2 N–H and O–H groups in total. The first-order valence-electron chi connectivity index (χ1n) is 6.87. The standard InChI is InChI=1S/C15H23FN2/c1-11(17)14-10-12(16)8-9-15(14)18(2)13-6-4-3-5-7-13/h8-11,13H,3-7,17H2,1-2H3. The van der Waals surface area contributed by atoms with Crippen LogP contribution in [0.5, 0.6) is 0 Å². The molecule has 1 atom stereocenters. The Morgan fingerprint density at radius 3 is 2.56 bits per heavy atom. The lowest BCUT2D eigenvalue weighted by atomic mass is 9.93. The van der Waals surface area contributed by atoms with Crippen molar-refractivity contribution >= 4 is 5.69 Å². The molecule has 0 radical (unpaired) electrons. The highest BCUT2D eigenvalue weighted by Gasteiger charge is 2.21. The van der Waals surface area contributed by atoms with Crippen LogP contribution in [0, 0.1) is 5.82 Å². The summed E-state index contributed by atoms with van der Waals surface area (Å²) in [7, 11) is 2.11. The first kappa shape index (κ1) is 13.3. The van der Waals surface area contributed by atoms with Gasteiger partial charge in [-0.05, 0) is 43.5 Å². The summed E-state index contributed by atoms with van der Waals surface area (Å²) in [5.74, 6) is -0.205. The minimum atomic E-state index is -0.205. The van der Waals surface area contributed by atoms with Crippen LogP contribution in [0.4, 0.5) is 10.1 Å². The Morgan fingerprint density at radius 2 is 1.94 bits per heavy atom. The molecule has 0 saturated heterocycles. The van der Waals surface area contributed by atoms with E-state index in [2.05, 4.69) is 11.9 Å². The van der Waals surface area contributed by atoms with Crippen LogP contribution in [0.15, 0.2) is 18.2 Å². The third-order valence-corrected chi connectivity index (χ3v) is 3.98. The number of hydrogen-bond acceptors (Lipinski definition) is 2. The number of rotatable bonds is 3. The molecule has 0 aliphatic heterocycles. The molecule has 2 rings (SSSR count). The lowest BCUT2D eigenvalue weighted by molar-refractivity contribution is 0.426. The zero-order valence-electron chi connectivity index (χ0n) is 11.3. The molecular formula is C15H23FN2. The largest absolute Gasteiger partial charge is 0.371 e. The van der Waals surface area contributed by atoms with Gasteiger partial charge < -0.3 is 10.6 Å². The molecule has 0 aromatic heterocycles. The maximum absolute atomic E-state index is 13.3. The Kier molecular flexibility index (Phi) is 4.23. The van der Waals surface area contributed by atoms with Gasteiger partial charge in [-0.15, -0.1) is 0 Å². The van der Waals surface area contributed by atoms with Crippen LogP contribution >= 0.6 is 0 Å². The van der Waals surface area contributed by atoms with Crippen LogP contribution in [0.3, 0.4) is 0 Å². The molecule has 1 aliphatic carbocycles. The van der Waals surface area contributed by atoms with Gasteiger partial charge in [-0.25, -0.2) is 4.39 Å². The van der Waals surface area contributed by atoms with Crippen LogP contribution in [0.2, 0.25) is 0 Å². The van der Waals surface area contributed by atoms with Crippen molar-refractivity contribution in [3.63, 3.8) is 0 Å². The smallest absolute Gasteiger partial charge is 0.123 e. The van der Waals surface area contributed by atoms with Gasteiger partial charge in [0.15, 0.2) is 0 Å². The van der Waals surface area contributed by atoms with E-state index >= 15 is 0 Å². The van der Waals surface area contributed by atoms with E-state index in [1.165, 1.54) is 38.2 Å². The van der Waals surface area contributed by atoms with Crippen LogP contribution < -0.4 is 10.6 Å². The SMILES string of the molecule is CC(N)c1cc(F)ccc1N(C)C1CCCCC1. The normalized spacial score (nSPS) is 18.7. The molecule has 1 saturated carbocycles. The summed E-state index contributed by atoms with van der Waals surface area (Å²) in [5.41, 5.74) is 7.94. The summed E-state index contributed by atoms with van der Waals surface area (Å²) in [6.07, 6.45) is 6.39. The Labute approximate surface area is 109 Å². The fraction of sp³-hybridized carbons (Fsp3) is 0.600. The third-order valence-electron chi connectivity index (χ3n) is 3.98. The van der Waals surface area contributed by atoms with Gasteiger partial charge in [-0.1, -0.05) is 19.3 Å². The third kappa shape index (κ3) is 2.83. The van der Waals surface area contributed by atoms with Gasteiger partial charge in [0.1, 0.15) is 5.82 Å². The molecule has 1 aromatic rings. The summed E-state index contributed by atoms with van der Waals surface area (Å²) in [6, 6.07) is 5.39. The van der Waals surface area contributed by atoms with Crippen molar-refractivity contribution in [2.75, 3.05) is 11.9 Å². The molecular weight excluding hydrogens is 227 g/mol. The summed E-state index contributed by atoms with van der Waals surface area (Å²) in [4.78, 5) is 2.29. The molecule has 2 nitrogen and oxygen atoms in total. The highest BCUT2D eigenvalue weighted by atomic mass is 19.1. The molecule has 1 unspecified atom stereocenters. The first-order chi connectivity index (χ1) is 8.59. The molecule has 0 heterocycles. The molecule has 0 amide bonds. The summed E-state index contributed by atoms with van der Waals surface area (Å²) >= 11 is 0. The molecule has 0 spiro atoms. The highest BCUT2D eigenvalue weighted by Crippen LogP contribution is 2.31. The molecule has 3 heteroatoms. The predicted molar refractivity (Wildman–Crippen MR) is 74.3 cm³/mol. The Bertz CT molecular complexity index is 397. The molecule has 1 fully saturated rings. The van der Waals surface area contributed by atoms with Crippen molar-refractivity contribution in [2.24, 2.45) is 5.73 Å². The van der Waals surface area contributed by atoms with Crippen molar-refractivity contribution in [3.8, 4) is 0 Å². The predicted octanol–water partition coefficient (Wildman–Crippen LogP) is 3.61. The van der Waals surface area contributed by atoms with E-state index < -0.39 is 0 Å². The van der Waals surface area contributed by atoms with Crippen molar-refractivity contribution in [2.45, 2.75) is 51.1 Å². The van der Waals surface area contributed by atoms with E-state index in [1.807, 2.05) is 13.0 Å². The molecule has 1 aromatic carbocycles. The second-order valence-corrected chi connectivity index (χ2v) is 5.39. The number of benzene rings is 1. The first-order valence-corrected chi connectivity index (χ1v) is 6.87. The van der Waals surface area contributed by atoms with Crippen LogP contribution in [-0.4, -0.2) is 13.1 Å². The van der Waals surface area contributed by atoms with Gasteiger partial charge in [0, 0.05) is 24.8 Å². The highest BCUT2D eigenvalue weighted by molar-refractivity contribution is 5.55. The van der Waals surface area contributed by atoms with Gasteiger partial charge in [0.2, 0.25) is 0 Å². The van der Waals surface area contributed by atoms with Crippen LogP contribution in [-0.2, 0) is 0 Å². The maximum Gasteiger partial charge on any atom is 0.123 e. The van der Waals surface area contributed by atoms with E-state index in [4.69, 9.17) is 5.73 Å². The fourth-order valence-electron chi connectivity index (χ4n) is 2.88. The number of hydrogen-bond donors (Lipinski definition) is 1. The average molecular weight is 250 g/mol. The Hall–Kier alpha value is -1.09. The lowest BCUT2D eigenvalue weighted by Gasteiger charge is -2.34. The quantitative estimate of drug-likeness (QED) is 0.888. The molecule has 100 valence electrons. The minimum absolute atomic E-state index is 0.137. The summed E-state index contributed by atoms with van der Waals surface area (Å²) in [5, 5.41) is 0. The van der Waals surface area contributed by atoms with E-state index in [-0.39, 0.29) is 11.9 Å². The van der Waals surface area contributed by atoms with Crippen molar-refractivity contribution in [1.29, 1.82) is 0 Å². The zero-order valence-corrected chi connectivity index (χ0v) is 11.3. The van der Waals surface area contributed by atoms with Crippen LogP contribution in [0.25, 0.3) is 0 Å². The van der Waals surface area contributed by atoms with E-state index in [0.29, 0.717) is 6.04 Å². The van der Waals surface area contributed by atoms with E-state index in [0.717, 1.165) is 11.3 Å².